The summed E-state index contributed by atoms with van der Waals surface area (Å²) in [6.45, 7) is 8.39. The summed E-state index contributed by atoms with van der Waals surface area (Å²) in [4.78, 5) is 4.08. The second-order valence-electron chi connectivity index (χ2n) is 6.73. The smallest absolute Gasteiger partial charge is 0.118 e. The predicted octanol–water partition coefficient (Wildman–Crippen LogP) is 2.25. The van der Waals surface area contributed by atoms with Crippen LogP contribution in [0.4, 0.5) is 0 Å². The number of aromatic nitrogens is 3. The molecule has 0 saturated carbocycles. The standard InChI is InChI=1S/C11H11BClN3.C6H14O2/c1-2-11(16-7-9(12)5-15-16)8-3-10(13)6-14-4-8;1-5(2,7)6(3,4)8/h3-7,11H,2H2,1H3;7-8H,1-4H3. The molecule has 0 saturated heterocycles. The monoisotopic (exact) mass is 349 g/mol. The molecule has 0 aliphatic carbocycles. The van der Waals surface area contributed by atoms with Gasteiger partial charge in [0, 0.05) is 24.8 Å². The lowest BCUT2D eigenvalue weighted by atomic mass is 9.90. The van der Waals surface area contributed by atoms with Crippen molar-refractivity contribution >= 4 is 24.9 Å². The van der Waals surface area contributed by atoms with Crippen molar-refractivity contribution in [2.45, 2.75) is 58.3 Å². The van der Waals surface area contributed by atoms with Crippen LogP contribution in [0.25, 0.3) is 0 Å². The van der Waals surface area contributed by atoms with Gasteiger partial charge >= 0.3 is 0 Å². The molecule has 0 aliphatic rings. The zero-order valence-electron chi connectivity index (χ0n) is 14.9. The Morgan fingerprint density at radius 1 is 1.17 bits per heavy atom. The first kappa shape index (κ1) is 20.7. The zero-order valence-corrected chi connectivity index (χ0v) is 15.6. The fourth-order valence-corrected chi connectivity index (χ4v) is 1.89. The minimum absolute atomic E-state index is 0.128. The second-order valence-corrected chi connectivity index (χ2v) is 7.17. The molecule has 5 nitrogen and oxygen atoms in total. The molecule has 0 amide bonds. The van der Waals surface area contributed by atoms with Gasteiger partial charge in [-0.1, -0.05) is 24.0 Å². The van der Waals surface area contributed by atoms with Crippen molar-refractivity contribution in [3.05, 3.63) is 41.4 Å². The maximum atomic E-state index is 9.10. The predicted molar refractivity (Wildman–Crippen MR) is 97.9 cm³/mol. The number of hydrogen-bond acceptors (Lipinski definition) is 4. The lowest BCUT2D eigenvalue weighted by Gasteiger charge is -2.31. The van der Waals surface area contributed by atoms with Gasteiger partial charge in [0.05, 0.1) is 22.3 Å². The first-order valence-corrected chi connectivity index (χ1v) is 8.18. The number of aliphatic hydroxyl groups is 2. The molecule has 0 fully saturated rings. The average Bonchev–Trinajstić information content (AvgIpc) is 2.84. The van der Waals surface area contributed by atoms with Crippen LogP contribution in [0.2, 0.25) is 5.02 Å². The van der Waals surface area contributed by atoms with E-state index < -0.39 is 11.2 Å². The molecule has 130 valence electrons. The van der Waals surface area contributed by atoms with E-state index in [1.54, 1.807) is 46.3 Å². The summed E-state index contributed by atoms with van der Waals surface area (Å²) in [7, 11) is 5.65. The molecular formula is C17H25BClN3O2. The van der Waals surface area contributed by atoms with Gasteiger partial charge in [0.15, 0.2) is 0 Å². The van der Waals surface area contributed by atoms with E-state index in [-0.39, 0.29) is 6.04 Å². The fourth-order valence-electron chi connectivity index (χ4n) is 1.71. The summed E-state index contributed by atoms with van der Waals surface area (Å²) >= 11 is 5.92. The highest BCUT2D eigenvalue weighted by Gasteiger charge is 2.31. The van der Waals surface area contributed by atoms with Gasteiger partial charge in [0.25, 0.3) is 0 Å². The Kier molecular flexibility index (Phi) is 7.02. The van der Waals surface area contributed by atoms with Crippen LogP contribution in [-0.2, 0) is 0 Å². The van der Waals surface area contributed by atoms with E-state index in [0.29, 0.717) is 10.5 Å². The van der Waals surface area contributed by atoms with Crippen LogP contribution in [0, 0.1) is 0 Å². The fraction of sp³-hybridized carbons (Fsp3) is 0.529. The SMILES string of the molecule is CC(C)(O)C(C)(C)O.[B]c1cnn(C(CC)c2cncc(Cl)c2)c1. The minimum atomic E-state index is -1.01. The van der Waals surface area contributed by atoms with Crippen molar-refractivity contribution in [1.29, 1.82) is 0 Å². The Morgan fingerprint density at radius 3 is 2.12 bits per heavy atom. The number of halogens is 1. The summed E-state index contributed by atoms with van der Waals surface area (Å²) < 4.78 is 1.84. The van der Waals surface area contributed by atoms with E-state index in [1.807, 2.05) is 16.9 Å². The lowest BCUT2D eigenvalue weighted by Crippen LogP contribution is -2.44. The molecule has 24 heavy (non-hydrogen) atoms. The van der Waals surface area contributed by atoms with Crippen LogP contribution >= 0.6 is 11.6 Å². The number of rotatable bonds is 4. The molecule has 2 heterocycles. The van der Waals surface area contributed by atoms with Gasteiger partial charge in [0.1, 0.15) is 7.85 Å². The summed E-state index contributed by atoms with van der Waals surface area (Å²) in [5.74, 6) is 0. The molecule has 2 rings (SSSR count). The zero-order chi connectivity index (χ0) is 18.5. The Hall–Kier alpha value is -1.37. The van der Waals surface area contributed by atoms with Crippen molar-refractivity contribution in [2.75, 3.05) is 0 Å². The normalized spacial score (nSPS) is 13.2. The molecule has 7 heteroatoms. The Balaban J connectivity index is 0.000000307. The highest BCUT2D eigenvalue weighted by Crippen LogP contribution is 2.22. The van der Waals surface area contributed by atoms with E-state index in [9.17, 15) is 0 Å². The highest BCUT2D eigenvalue weighted by molar-refractivity contribution is 6.32. The van der Waals surface area contributed by atoms with Gasteiger partial charge in [-0.3, -0.25) is 9.67 Å². The molecule has 2 aromatic heterocycles. The van der Waals surface area contributed by atoms with E-state index in [0.717, 1.165) is 12.0 Å². The van der Waals surface area contributed by atoms with Crippen LogP contribution in [0.5, 0.6) is 0 Å². The van der Waals surface area contributed by atoms with Gasteiger partial charge in [0.2, 0.25) is 0 Å². The van der Waals surface area contributed by atoms with Gasteiger partial charge < -0.3 is 10.2 Å². The van der Waals surface area contributed by atoms with Gasteiger partial charge in [-0.15, -0.1) is 0 Å². The van der Waals surface area contributed by atoms with Gasteiger partial charge in [-0.05, 0) is 45.7 Å². The van der Waals surface area contributed by atoms with Crippen molar-refractivity contribution < 1.29 is 10.2 Å². The first-order valence-electron chi connectivity index (χ1n) is 7.80. The first-order chi connectivity index (χ1) is 11.0. The largest absolute Gasteiger partial charge is 0.387 e. The third-order valence-corrected chi connectivity index (χ3v) is 4.14. The van der Waals surface area contributed by atoms with Crippen LogP contribution in [0.3, 0.4) is 0 Å². The maximum Gasteiger partial charge on any atom is 0.118 e. The third-order valence-electron chi connectivity index (χ3n) is 3.94. The van der Waals surface area contributed by atoms with E-state index >= 15 is 0 Å². The second kappa shape index (κ2) is 8.14. The molecule has 2 aromatic rings. The van der Waals surface area contributed by atoms with Gasteiger partial charge in [-0.2, -0.15) is 5.10 Å². The Bertz CT molecular complexity index is 636. The van der Waals surface area contributed by atoms with Crippen LogP contribution < -0.4 is 5.46 Å². The van der Waals surface area contributed by atoms with Crippen molar-refractivity contribution in [2.24, 2.45) is 0 Å². The van der Waals surface area contributed by atoms with Crippen LogP contribution in [0.1, 0.15) is 52.6 Å². The maximum absolute atomic E-state index is 9.10. The van der Waals surface area contributed by atoms with E-state index in [4.69, 9.17) is 29.7 Å². The van der Waals surface area contributed by atoms with Crippen molar-refractivity contribution in [3.63, 3.8) is 0 Å². The molecule has 0 aromatic carbocycles. The average molecular weight is 350 g/mol. The summed E-state index contributed by atoms with van der Waals surface area (Å²) in [5.41, 5.74) is -0.313. The third kappa shape index (κ3) is 5.93. The lowest BCUT2D eigenvalue weighted by molar-refractivity contribution is -0.107. The highest BCUT2D eigenvalue weighted by atomic mass is 35.5. The van der Waals surface area contributed by atoms with Crippen molar-refractivity contribution in [3.8, 4) is 0 Å². The summed E-state index contributed by atoms with van der Waals surface area (Å²) in [5, 5.41) is 23.1. The number of hydrogen-bond donors (Lipinski definition) is 2. The Labute approximate surface area is 150 Å². The van der Waals surface area contributed by atoms with Crippen molar-refractivity contribution in [1.82, 2.24) is 14.8 Å². The molecule has 1 atom stereocenters. The summed E-state index contributed by atoms with van der Waals surface area (Å²) in [6.07, 6.45) is 7.78. The van der Waals surface area contributed by atoms with Crippen LogP contribution in [0.15, 0.2) is 30.9 Å². The summed E-state index contributed by atoms with van der Waals surface area (Å²) in [6, 6.07) is 2.03. The Morgan fingerprint density at radius 2 is 1.75 bits per heavy atom. The van der Waals surface area contributed by atoms with Crippen LogP contribution in [-0.4, -0.2) is 44.0 Å². The topological polar surface area (TPSA) is 71.2 Å². The minimum Gasteiger partial charge on any atom is -0.387 e. The molecule has 0 spiro atoms. The number of pyridine rings is 1. The van der Waals surface area contributed by atoms with Gasteiger partial charge in [-0.25, -0.2) is 0 Å². The molecule has 1 unspecified atom stereocenters. The molecular weight excluding hydrogens is 324 g/mol. The molecule has 0 bridgehead atoms. The molecule has 2 radical (unpaired) electrons. The quantitative estimate of drug-likeness (QED) is 0.831. The van der Waals surface area contributed by atoms with E-state index in [2.05, 4.69) is 17.0 Å². The number of nitrogens with zero attached hydrogens (tertiary/aromatic N) is 3. The molecule has 0 aliphatic heterocycles. The molecule has 2 N–H and O–H groups in total. The van der Waals surface area contributed by atoms with E-state index in [1.165, 1.54) is 0 Å².